The van der Waals surface area contributed by atoms with E-state index in [-0.39, 0.29) is 17.3 Å². The SMILES string of the molecule is CC1CC(C)C(C)N(c2c(F)cc(C=O)cc2F)C1. The second kappa shape index (κ2) is 5.27. The highest BCUT2D eigenvalue weighted by Crippen LogP contribution is 2.34. The van der Waals surface area contributed by atoms with Crippen molar-refractivity contribution in [2.75, 3.05) is 11.4 Å². The molecule has 1 aromatic rings. The van der Waals surface area contributed by atoms with Gasteiger partial charge in [0.25, 0.3) is 0 Å². The molecule has 3 atom stereocenters. The Morgan fingerprint density at radius 3 is 2.32 bits per heavy atom. The van der Waals surface area contributed by atoms with Crippen LogP contribution in [0.3, 0.4) is 0 Å². The molecule has 1 aromatic carbocycles. The molecule has 0 spiro atoms. The molecule has 0 aromatic heterocycles. The molecule has 0 N–H and O–H groups in total. The van der Waals surface area contributed by atoms with Crippen molar-refractivity contribution in [2.45, 2.75) is 33.2 Å². The highest BCUT2D eigenvalue weighted by atomic mass is 19.1. The monoisotopic (exact) mass is 267 g/mol. The van der Waals surface area contributed by atoms with E-state index >= 15 is 0 Å². The smallest absolute Gasteiger partial charge is 0.150 e. The zero-order chi connectivity index (χ0) is 14.2. The molecule has 1 aliphatic rings. The lowest BCUT2D eigenvalue weighted by Gasteiger charge is -2.42. The lowest BCUT2D eigenvalue weighted by atomic mass is 9.85. The van der Waals surface area contributed by atoms with Gasteiger partial charge in [-0.2, -0.15) is 0 Å². The molecule has 0 radical (unpaired) electrons. The van der Waals surface area contributed by atoms with Crippen LogP contribution in [0.4, 0.5) is 14.5 Å². The van der Waals surface area contributed by atoms with Crippen LogP contribution in [0.2, 0.25) is 0 Å². The van der Waals surface area contributed by atoms with Crippen molar-refractivity contribution < 1.29 is 13.6 Å². The fourth-order valence-corrected chi connectivity index (χ4v) is 2.94. The molecular weight excluding hydrogens is 248 g/mol. The first-order valence-electron chi connectivity index (χ1n) is 6.65. The van der Waals surface area contributed by atoms with E-state index in [9.17, 15) is 13.6 Å². The Hall–Kier alpha value is -1.45. The number of rotatable bonds is 2. The summed E-state index contributed by atoms with van der Waals surface area (Å²) in [6.45, 7) is 6.82. The molecule has 0 amide bonds. The van der Waals surface area contributed by atoms with Gasteiger partial charge >= 0.3 is 0 Å². The van der Waals surface area contributed by atoms with Crippen LogP contribution in [0, 0.1) is 23.5 Å². The summed E-state index contributed by atoms with van der Waals surface area (Å²) >= 11 is 0. The normalized spacial score (nSPS) is 27.4. The van der Waals surface area contributed by atoms with Gasteiger partial charge in [0.15, 0.2) is 0 Å². The molecule has 1 aliphatic heterocycles. The zero-order valence-corrected chi connectivity index (χ0v) is 11.5. The maximum absolute atomic E-state index is 14.1. The summed E-state index contributed by atoms with van der Waals surface area (Å²) < 4.78 is 28.1. The molecule has 2 nitrogen and oxygen atoms in total. The fourth-order valence-electron chi connectivity index (χ4n) is 2.94. The number of carbonyl (C=O) groups excluding carboxylic acids is 1. The van der Waals surface area contributed by atoms with Crippen molar-refractivity contribution in [1.29, 1.82) is 0 Å². The molecule has 0 aliphatic carbocycles. The fraction of sp³-hybridized carbons (Fsp3) is 0.533. The van der Waals surface area contributed by atoms with E-state index in [0.717, 1.165) is 18.6 Å². The molecule has 0 bridgehead atoms. The van der Waals surface area contributed by atoms with E-state index in [1.165, 1.54) is 0 Å². The molecule has 0 saturated carbocycles. The third-order valence-corrected chi connectivity index (χ3v) is 4.06. The molecule has 2 rings (SSSR count). The first kappa shape index (κ1) is 14.0. The molecule has 1 saturated heterocycles. The summed E-state index contributed by atoms with van der Waals surface area (Å²) in [5.74, 6) is -0.533. The Balaban J connectivity index is 2.43. The average Bonchev–Trinajstić information content (AvgIpc) is 2.34. The van der Waals surface area contributed by atoms with E-state index in [1.807, 2.05) is 6.92 Å². The molecule has 104 valence electrons. The maximum Gasteiger partial charge on any atom is 0.150 e. The second-order valence-electron chi connectivity index (χ2n) is 5.66. The van der Waals surface area contributed by atoms with E-state index in [0.29, 0.717) is 24.7 Å². The Morgan fingerprint density at radius 2 is 1.79 bits per heavy atom. The van der Waals surface area contributed by atoms with E-state index in [2.05, 4.69) is 13.8 Å². The summed E-state index contributed by atoms with van der Waals surface area (Å²) in [4.78, 5) is 12.4. The van der Waals surface area contributed by atoms with Crippen LogP contribution < -0.4 is 4.90 Å². The third kappa shape index (κ3) is 2.62. The lowest BCUT2D eigenvalue weighted by Crippen LogP contribution is -2.46. The summed E-state index contributed by atoms with van der Waals surface area (Å²) in [7, 11) is 0. The van der Waals surface area contributed by atoms with Gasteiger partial charge in [-0.3, -0.25) is 4.79 Å². The minimum atomic E-state index is -0.657. The minimum absolute atomic E-state index is 0.00324. The number of nitrogens with zero attached hydrogens (tertiary/aromatic N) is 1. The van der Waals surface area contributed by atoms with E-state index in [1.54, 1.807) is 4.90 Å². The molecule has 4 heteroatoms. The van der Waals surface area contributed by atoms with Crippen molar-refractivity contribution in [3.8, 4) is 0 Å². The Bertz CT molecular complexity index is 466. The highest BCUT2D eigenvalue weighted by molar-refractivity contribution is 5.76. The topological polar surface area (TPSA) is 20.3 Å². The van der Waals surface area contributed by atoms with Crippen molar-refractivity contribution in [2.24, 2.45) is 11.8 Å². The standard InChI is InChI=1S/C15H19F2NO/c1-9-4-10(2)11(3)18(7-9)15-13(16)5-12(8-19)6-14(15)17/h5-6,8-11H,4,7H2,1-3H3. The van der Waals surface area contributed by atoms with E-state index < -0.39 is 11.6 Å². The second-order valence-corrected chi connectivity index (χ2v) is 5.66. The minimum Gasteiger partial charge on any atom is -0.364 e. The van der Waals surface area contributed by atoms with Crippen LogP contribution in [0.15, 0.2) is 12.1 Å². The van der Waals surface area contributed by atoms with Crippen molar-refractivity contribution in [3.05, 3.63) is 29.3 Å². The average molecular weight is 267 g/mol. The predicted molar refractivity (Wildman–Crippen MR) is 71.5 cm³/mol. The van der Waals surface area contributed by atoms with Gasteiger partial charge in [0.05, 0.1) is 0 Å². The Morgan fingerprint density at radius 1 is 1.21 bits per heavy atom. The van der Waals surface area contributed by atoms with Crippen LogP contribution in [-0.2, 0) is 0 Å². The van der Waals surface area contributed by atoms with E-state index in [4.69, 9.17) is 0 Å². The first-order chi connectivity index (χ1) is 8.93. The summed E-state index contributed by atoms with van der Waals surface area (Å²) in [5, 5.41) is 0. The summed E-state index contributed by atoms with van der Waals surface area (Å²) in [6, 6.07) is 2.28. The van der Waals surface area contributed by atoms with Gasteiger partial charge in [-0.05, 0) is 37.3 Å². The molecule has 1 heterocycles. The first-order valence-corrected chi connectivity index (χ1v) is 6.65. The largest absolute Gasteiger partial charge is 0.364 e. The van der Waals surface area contributed by atoms with Crippen molar-refractivity contribution >= 4 is 12.0 Å². The van der Waals surface area contributed by atoms with Gasteiger partial charge in [-0.15, -0.1) is 0 Å². The molecule has 3 unspecified atom stereocenters. The summed E-state index contributed by atoms with van der Waals surface area (Å²) in [5.41, 5.74) is 0.0287. The maximum atomic E-state index is 14.1. The quantitative estimate of drug-likeness (QED) is 0.762. The molecular formula is C15H19F2NO. The van der Waals surface area contributed by atoms with Gasteiger partial charge in [0, 0.05) is 18.2 Å². The molecule has 19 heavy (non-hydrogen) atoms. The van der Waals surface area contributed by atoms with Crippen LogP contribution >= 0.6 is 0 Å². The number of anilines is 1. The number of benzene rings is 1. The number of carbonyl (C=O) groups is 1. The van der Waals surface area contributed by atoms with Gasteiger partial charge in [0.1, 0.15) is 23.6 Å². The van der Waals surface area contributed by atoms with Gasteiger partial charge < -0.3 is 4.90 Å². The zero-order valence-electron chi connectivity index (χ0n) is 11.5. The summed E-state index contributed by atoms with van der Waals surface area (Å²) in [6.07, 6.45) is 1.52. The van der Waals surface area contributed by atoms with Gasteiger partial charge in [-0.25, -0.2) is 8.78 Å². The Kier molecular flexibility index (Phi) is 3.88. The van der Waals surface area contributed by atoms with Crippen LogP contribution in [-0.4, -0.2) is 18.9 Å². The number of piperidine rings is 1. The van der Waals surface area contributed by atoms with Crippen LogP contribution in [0.1, 0.15) is 37.6 Å². The number of hydrogen-bond donors (Lipinski definition) is 0. The van der Waals surface area contributed by atoms with Crippen LogP contribution in [0.5, 0.6) is 0 Å². The van der Waals surface area contributed by atoms with Crippen LogP contribution in [0.25, 0.3) is 0 Å². The number of aldehydes is 1. The van der Waals surface area contributed by atoms with Gasteiger partial charge in [-0.1, -0.05) is 13.8 Å². The third-order valence-electron chi connectivity index (χ3n) is 4.06. The van der Waals surface area contributed by atoms with Gasteiger partial charge in [0.2, 0.25) is 0 Å². The predicted octanol–water partition coefficient (Wildman–Crippen LogP) is 3.65. The Labute approximate surface area is 112 Å². The molecule has 1 fully saturated rings. The highest BCUT2D eigenvalue weighted by Gasteiger charge is 2.32. The number of hydrogen-bond acceptors (Lipinski definition) is 2. The van der Waals surface area contributed by atoms with Crippen molar-refractivity contribution in [1.82, 2.24) is 0 Å². The number of halogens is 2. The lowest BCUT2D eigenvalue weighted by molar-refractivity contribution is 0.112. The van der Waals surface area contributed by atoms with Crippen molar-refractivity contribution in [3.63, 3.8) is 0 Å².